The molecular formula is C25H23F2N3O4S. The van der Waals surface area contributed by atoms with E-state index in [0.717, 1.165) is 12.1 Å². The van der Waals surface area contributed by atoms with E-state index in [1.807, 2.05) is 0 Å². The Morgan fingerprint density at radius 2 is 1.83 bits per heavy atom. The van der Waals surface area contributed by atoms with Gasteiger partial charge in [0.1, 0.15) is 23.9 Å². The number of amides is 1. The monoisotopic (exact) mass is 499 g/mol. The number of fused-ring (bicyclic) bond motifs is 1. The summed E-state index contributed by atoms with van der Waals surface area (Å²) >= 11 is 0. The first kappa shape index (κ1) is 24.5. The summed E-state index contributed by atoms with van der Waals surface area (Å²) in [7, 11) is -1.14. The van der Waals surface area contributed by atoms with Gasteiger partial charge in [0.15, 0.2) is 11.4 Å². The molecule has 0 saturated carbocycles. The largest absolute Gasteiger partial charge is 0.485 e. The minimum Gasteiger partial charge on any atom is -0.485 e. The quantitative estimate of drug-likeness (QED) is 0.386. The van der Waals surface area contributed by atoms with Crippen LogP contribution in [0.5, 0.6) is 5.75 Å². The van der Waals surface area contributed by atoms with Gasteiger partial charge in [-0.05, 0) is 48.9 Å². The second-order valence-corrected chi connectivity index (χ2v) is 9.21. The first-order chi connectivity index (χ1) is 16.8. The van der Waals surface area contributed by atoms with Crippen LogP contribution >= 0.6 is 0 Å². The molecule has 2 unspecified atom stereocenters. The van der Waals surface area contributed by atoms with Crippen molar-refractivity contribution in [3.05, 3.63) is 94.9 Å². The number of ether oxygens (including phenoxy) is 1. The van der Waals surface area contributed by atoms with Gasteiger partial charge in [0, 0.05) is 28.1 Å². The Labute approximate surface area is 202 Å². The Bertz CT molecular complexity index is 1390. The Hall–Kier alpha value is -3.63. The molecule has 1 amide bonds. The van der Waals surface area contributed by atoms with Crippen molar-refractivity contribution in [2.75, 3.05) is 12.9 Å². The van der Waals surface area contributed by atoms with Crippen molar-refractivity contribution in [2.24, 2.45) is 0 Å². The topological polar surface area (TPSA) is 92.9 Å². The maximum Gasteiger partial charge on any atom is 0.270 e. The highest BCUT2D eigenvalue weighted by Gasteiger charge is 2.22. The zero-order chi connectivity index (χ0) is 25.1. The van der Waals surface area contributed by atoms with Gasteiger partial charge in [-0.15, -0.1) is 0 Å². The summed E-state index contributed by atoms with van der Waals surface area (Å²) in [6.07, 6.45) is 3.19. The standard InChI is InChI=1S/C25H23F2N3O4S/c1-15-23(25(32)29-21(13-31)16-8-10-17(11-9-16)35(2)33)30-12-4-7-22(24(30)28-15)34-14-18-19(26)5-3-6-20(18)27/h3-12,21,31H,13-14H2,1-2H3,(H,29,32). The zero-order valence-electron chi connectivity index (χ0n) is 19.0. The summed E-state index contributed by atoms with van der Waals surface area (Å²) in [5.74, 6) is -1.66. The van der Waals surface area contributed by atoms with E-state index >= 15 is 0 Å². The molecular weight excluding hydrogens is 476 g/mol. The van der Waals surface area contributed by atoms with Crippen molar-refractivity contribution in [2.45, 2.75) is 24.5 Å². The maximum absolute atomic E-state index is 14.0. The molecule has 0 bridgehead atoms. The number of nitrogens with one attached hydrogen (secondary N) is 1. The SMILES string of the molecule is Cc1nc2c(OCc3c(F)cccc3F)cccn2c1C(=O)NC(CO)c1ccc(S(C)=O)cc1. The van der Waals surface area contributed by atoms with Gasteiger partial charge in [0.25, 0.3) is 5.91 Å². The van der Waals surface area contributed by atoms with E-state index < -0.39 is 34.4 Å². The van der Waals surface area contributed by atoms with Crippen molar-refractivity contribution < 1.29 is 27.6 Å². The lowest BCUT2D eigenvalue weighted by molar-refractivity contribution is 0.0909. The molecule has 0 fully saturated rings. The molecule has 0 aliphatic heterocycles. The molecule has 0 radical (unpaired) electrons. The Morgan fingerprint density at radius 1 is 1.14 bits per heavy atom. The van der Waals surface area contributed by atoms with E-state index in [-0.39, 0.29) is 30.2 Å². The number of aryl methyl sites for hydroxylation is 1. The third-order valence-corrected chi connectivity index (χ3v) is 6.48. The number of aliphatic hydroxyl groups is 1. The zero-order valence-corrected chi connectivity index (χ0v) is 19.8. The van der Waals surface area contributed by atoms with Crippen LogP contribution in [-0.2, 0) is 17.4 Å². The van der Waals surface area contributed by atoms with Gasteiger partial charge in [-0.25, -0.2) is 13.8 Å². The fraction of sp³-hybridized carbons (Fsp3) is 0.200. The molecule has 0 spiro atoms. The number of carbonyl (C=O) groups excluding carboxylic acids is 1. The van der Waals surface area contributed by atoms with E-state index in [2.05, 4.69) is 10.3 Å². The van der Waals surface area contributed by atoms with Gasteiger partial charge in [-0.1, -0.05) is 18.2 Å². The number of nitrogens with zero attached hydrogens (tertiary/aromatic N) is 2. The highest BCUT2D eigenvalue weighted by molar-refractivity contribution is 7.84. The van der Waals surface area contributed by atoms with Crippen LogP contribution in [0.15, 0.2) is 65.7 Å². The molecule has 182 valence electrons. The molecule has 2 atom stereocenters. The second kappa shape index (κ2) is 10.3. The number of imidazole rings is 1. The normalized spacial score (nSPS) is 12.9. The van der Waals surface area contributed by atoms with Gasteiger partial charge in [0.2, 0.25) is 0 Å². The maximum atomic E-state index is 14.0. The molecule has 2 heterocycles. The molecule has 0 aliphatic rings. The van der Waals surface area contributed by atoms with Crippen LogP contribution in [0.4, 0.5) is 8.78 Å². The molecule has 2 aromatic carbocycles. The van der Waals surface area contributed by atoms with E-state index in [9.17, 15) is 22.9 Å². The van der Waals surface area contributed by atoms with Crippen molar-refractivity contribution in [3.63, 3.8) is 0 Å². The first-order valence-electron chi connectivity index (χ1n) is 10.7. The van der Waals surface area contributed by atoms with Crippen LogP contribution in [0.3, 0.4) is 0 Å². The number of rotatable bonds is 8. The molecule has 0 aliphatic carbocycles. The fourth-order valence-corrected chi connectivity index (χ4v) is 4.23. The molecule has 7 nitrogen and oxygen atoms in total. The number of aliphatic hydroxyl groups excluding tert-OH is 1. The van der Waals surface area contributed by atoms with E-state index in [0.29, 0.717) is 21.8 Å². The highest BCUT2D eigenvalue weighted by Crippen LogP contribution is 2.25. The Kier molecular flexibility index (Phi) is 7.23. The lowest BCUT2D eigenvalue weighted by Crippen LogP contribution is -2.32. The minimum absolute atomic E-state index is 0.209. The van der Waals surface area contributed by atoms with Crippen molar-refractivity contribution in [1.82, 2.24) is 14.7 Å². The lowest BCUT2D eigenvalue weighted by Gasteiger charge is -2.17. The first-order valence-corrected chi connectivity index (χ1v) is 12.2. The van der Waals surface area contributed by atoms with Crippen molar-refractivity contribution in [3.8, 4) is 5.75 Å². The average Bonchev–Trinajstić information content (AvgIpc) is 3.18. The summed E-state index contributed by atoms with van der Waals surface area (Å²) in [6, 6.07) is 12.9. The van der Waals surface area contributed by atoms with Gasteiger partial charge in [0.05, 0.1) is 23.9 Å². The summed E-state index contributed by atoms with van der Waals surface area (Å²) in [5.41, 5.74) is 1.38. The van der Waals surface area contributed by atoms with Crippen LogP contribution < -0.4 is 10.1 Å². The third-order valence-electron chi connectivity index (χ3n) is 5.54. The highest BCUT2D eigenvalue weighted by atomic mass is 32.2. The van der Waals surface area contributed by atoms with Crippen LogP contribution in [0.25, 0.3) is 5.65 Å². The number of benzene rings is 2. The molecule has 10 heteroatoms. The van der Waals surface area contributed by atoms with Gasteiger partial charge in [-0.3, -0.25) is 13.4 Å². The van der Waals surface area contributed by atoms with Crippen LogP contribution in [0, 0.1) is 18.6 Å². The number of halogens is 2. The predicted molar refractivity (Wildman–Crippen MR) is 127 cm³/mol. The van der Waals surface area contributed by atoms with Gasteiger partial charge < -0.3 is 15.2 Å². The van der Waals surface area contributed by atoms with E-state index in [1.54, 1.807) is 55.8 Å². The van der Waals surface area contributed by atoms with Crippen LogP contribution in [0.1, 0.15) is 33.4 Å². The molecule has 35 heavy (non-hydrogen) atoms. The predicted octanol–water partition coefficient (Wildman–Crippen LogP) is 3.70. The molecule has 2 aromatic heterocycles. The van der Waals surface area contributed by atoms with Crippen LogP contribution in [-0.4, -0.2) is 37.5 Å². The van der Waals surface area contributed by atoms with E-state index in [4.69, 9.17) is 4.74 Å². The summed E-state index contributed by atoms with van der Waals surface area (Å²) in [5, 5.41) is 12.7. The van der Waals surface area contributed by atoms with Crippen molar-refractivity contribution >= 4 is 22.4 Å². The van der Waals surface area contributed by atoms with Crippen molar-refractivity contribution in [1.29, 1.82) is 0 Å². The van der Waals surface area contributed by atoms with Gasteiger partial charge in [-0.2, -0.15) is 0 Å². The second-order valence-electron chi connectivity index (χ2n) is 7.83. The number of hydrogen-bond donors (Lipinski definition) is 2. The molecule has 4 rings (SSSR count). The lowest BCUT2D eigenvalue weighted by atomic mass is 10.1. The average molecular weight is 500 g/mol. The fourth-order valence-electron chi connectivity index (χ4n) is 3.72. The number of aromatic nitrogens is 2. The van der Waals surface area contributed by atoms with Crippen LogP contribution in [0.2, 0.25) is 0 Å². The molecule has 2 N–H and O–H groups in total. The van der Waals surface area contributed by atoms with E-state index in [1.165, 1.54) is 10.5 Å². The number of carbonyl (C=O) groups is 1. The number of pyridine rings is 1. The minimum atomic E-state index is -1.14. The summed E-state index contributed by atoms with van der Waals surface area (Å²) in [6.45, 7) is 0.955. The Morgan fingerprint density at radius 3 is 2.46 bits per heavy atom. The van der Waals surface area contributed by atoms with Gasteiger partial charge >= 0.3 is 0 Å². The summed E-state index contributed by atoms with van der Waals surface area (Å²) in [4.78, 5) is 18.2. The molecule has 4 aromatic rings. The smallest absolute Gasteiger partial charge is 0.270 e. The number of hydrogen-bond acceptors (Lipinski definition) is 5. The molecule has 0 saturated heterocycles. The summed E-state index contributed by atoms with van der Waals surface area (Å²) < 4.78 is 46.7. The third kappa shape index (κ3) is 5.08. The Balaban J connectivity index is 1.59.